The minimum atomic E-state index is -0.827. The van der Waals surface area contributed by atoms with E-state index in [0.29, 0.717) is 13.0 Å². The van der Waals surface area contributed by atoms with Crippen LogP contribution in [-0.2, 0) is 11.2 Å². The Morgan fingerprint density at radius 2 is 2.00 bits per heavy atom. The maximum Gasteiger partial charge on any atom is 0.317 e. The highest BCUT2D eigenvalue weighted by Gasteiger charge is 2.42. The van der Waals surface area contributed by atoms with Gasteiger partial charge >= 0.3 is 12.0 Å². The summed E-state index contributed by atoms with van der Waals surface area (Å²) in [6.45, 7) is 4.61. The first-order chi connectivity index (χ1) is 11.4. The molecule has 132 valence electrons. The van der Waals surface area contributed by atoms with E-state index in [1.165, 1.54) is 5.56 Å². The van der Waals surface area contributed by atoms with Gasteiger partial charge in [-0.25, -0.2) is 4.79 Å². The van der Waals surface area contributed by atoms with E-state index >= 15 is 0 Å². The number of urea groups is 1. The minimum Gasteiger partial charge on any atom is -0.481 e. The van der Waals surface area contributed by atoms with Gasteiger partial charge in [0.25, 0.3) is 0 Å². The van der Waals surface area contributed by atoms with Crippen LogP contribution < -0.4 is 5.32 Å². The summed E-state index contributed by atoms with van der Waals surface area (Å²) in [6, 6.07) is 10.2. The molecule has 0 saturated carbocycles. The zero-order valence-corrected chi connectivity index (χ0v) is 14.6. The van der Waals surface area contributed by atoms with Gasteiger partial charge in [-0.15, -0.1) is 0 Å². The van der Waals surface area contributed by atoms with Gasteiger partial charge in [-0.05, 0) is 38.2 Å². The Morgan fingerprint density at radius 1 is 1.29 bits per heavy atom. The number of benzene rings is 1. The predicted molar refractivity (Wildman–Crippen MR) is 93.9 cm³/mol. The predicted octanol–water partition coefficient (Wildman–Crippen LogP) is 3.29. The number of hydrogen-bond acceptors (Lipinski definition) is 2. The zero-order valence-electron chi connectivity index (χ0n) is 14.6. The van der Waals surface area contributed by atoms with Crippen LogP contribution in [0.5, 0.6) is 0 Å². The number of carbonyl (C=O) groups is 2. The number of likely N-dealkylation sites (tertiary alicyclic amines) is 1. The van der Waals surface area contributed by atoms with Crippen LogP contribution in [0.15, 0.2) is 30.3 Å². The SMILES string of the molecule is CCCC(CCc1ccccc1)NC(=O)N1CCC(C)(C(=O)O)C1. The summed E-state index contributed by atoms with van der Waals surface area (Å²) in [7, 11) is 0. The van der Waals surface area contributed by atoms with Crippen LogP contribution in [0.3, 0.4) is 0 Å². The van der Waals surface area contributed by atoms with Gasteiger partial charge in [0.15, 0.2) is 0 Å². The third-order valence-electron chi connectivity index (χ3n) is 4.87. The Morgan fingerprint density at radius 3 is 2.58 bits per heavy atom. The molecule has 5 heteroatoms. The molecule has 1 aliphatic heterocycles. The molecule has 1 saturated heterocycles. The fraction of sp³-hybridized carbons (Fsp3) is 0.579. The average molecular weight is 332 g/mol. The molecule has 0 aromatic heterocycles. The first kappa shape index (κ1) is 18.3. The summed E-state index contributed by atoms with van der Waals surface area (Å²) >= 11 is 0. The van der Waals surface area contributed by atoms with Crippen molar-refractivity contribution in [3.05, 3.63) is 35.9 Å². The van der Waals surface area contributed by atoms with Gasteiger partial charge < -0.3 is 15.3 Å². The van der Waals surface area contributed by atoms with Crippen LogP contribution in [0.25, 0.3) is 0 Å². The summed E-state index contributed by atoms with van der Waals surface area (Å²) in [5, 5.41) is 12.4. The Labute approximate surface area is 144 Å². The van der Waals surface area contributed by atoms with Crippen molar-refractivity contribution in [2.24, 2.45) is 5.41 Å². The van der Waals surface area contributed by atoms with Crippen molar-refractivity contribution in [2.45, 2.75) is 52.0 Å². The molecule has 1 aliphatic rings. The molecule has 1 fully saturated rings. The molecule has 1 aromatic rings. The molecule has 5 nitrogen and oxygen atoms in total. The monoisotopic (exact) mass is 332 g/mol. The first-order valence-electron chi connectivity index (χ1n) is 8.77. The Kier molecular flexibility index (Phi) is 6.23. The number of carboxylic acids is 1. The summed E-state index contributed by atoms with van der Waals surface area (Å²) in [6.07, 6.45) is 4.28. The molecular formula is C19H28N2O3. The summed E-state index contributed by atoms with van der Waals surface area (Å²) < 4.78 is 0. The van der Waals surface area contributed by atoms with E-state index in [-0.39, 0.29) is 18.6 Å². The second kappa shape index (κ2) is 8.18. The van der Waals surface area contributed by atoms with E-state index in [4.69, 9.17) is 0 Å². The molecular weight excluding hydrogens is 304 g/mol. The topological polar surface area (TPSA) is 69.6 Å². The quantitative estimate of drug-likeness (QED) is 0.805. The lowest BCUT2D eigenvalue weighted by atomic mass is 9.90. The summed E-state index contributed by atoms with van der Waals surface area (Å²) in [5.41, 5.74) is 0.453. The lowest BCUT2D eigenvalue weighted by Gasteiger charge is -2.24. The van der Waals surface area contributed by atoms with Crippen LogP contribution >= 0.6 is 0 Å². The van der Waals surface area contributed by atoms with Gasteiger partial charge in [0.05, 0.1) is 5.41 Å². The van der Waals surface area contributed by atoms with Crippen LogP contribution in [0.4, 0.5) is 4.79 Å². The summed E-state index contributed by atoms with van der Waals surface area (Å²) in [4.78, 5) is 25.4. The van der Waals surface area contributed by atoms with E-state index in [1.807, 2.05) is 18.2 Å². The maximum absolute atomic E-state index is 12.5. The Hall–Kier alpha value is -2.04. The van der Waals surface area contributed by atoms with Gasteiger partial charge in [0, 0.05) is 19.1 Å². The largest absolute Gasteiger partial charge is 0.481 e. The summed E-state index contributed by atoms with van der Waals surface area (Å²) in [5.74, 6) is -0.827. The van der Waals surface area contributed by atoms with Gasteiger partial charge in [0.1, 0.15) is 0 Å². The maximum atomic E-state index is 12.5. The lowest BCUT2D eigenvalue weighted by Crippen LogP contribution is -2.45. The van der Waals surface area contributed by atoms with E-state index in [1.54, 1.807) is 11.8 Å². The number of hydrogen-bond donors (Lipinski definition) is 2. The molecule has 2 N–H and O–H groups in total. The number of nitrogens with zero attached hydrogens (tertiary/aromatic N) is 1. The van der Waals surface area contributed by atoms with E-state index in [0.717, 1.165) is 25.7 Å². The van der Waals surface area contributed by atoms with Crippen molar-refractivity contribution < 1.29 is 14.7 Å². The smallest absolute Gasteiger partial charge is 0.317 e. The fourth-order valence-corrected chi connectivity index (χ4v) is 3.20. The number of nitrogens with one attached hydrogen (secondary N) is 1. The number of aliphatic carboxylic acids is 1. The number of amides is 2. The van der Waals surface area contributed by atoms with Crippen molar-refractivity contribution in [3.8, 4) is 0 Å². The third kappa shape index (κ3) is 4.73. The second-order valence-electron chi connectivity index (χ2n) is 7.00. The van der Waals surface area contributed by atoms with Crippen LogP contribution in [0, 0.1) is 5.41 Å². The molecule has 24 heavy (non-hydrogen) atoms. The highest BCUT2D eigenvalue weighted by Crippen LogP contribution is 2.30. The molecule has 2 atom stereocenters. The first-order valence-corrected chi connectivity index (χ1v) is 8.77. The van der Waals surface area contributed by atoms with Crippen molar-refractivity contribution in [1.82, 2.24) is 10.2 Å². The van der Waals surface area contributed by atoms with Crippen molar-refractivity contribution in [3.63, 3.8) is 0 Å². The molecule has 0 spiro atoms. The van der Waals surface area contributed by atoms with E-state index < -0.39 is 11.4 Å². The Balaban J connectivity index is 1.88. The number of carboxylic acid groups (broad SMARTS) is 1. The van der Waals surface area contributed by atoms with Crippen LogP contribution in [0.2, 0.25) is 0 Å². The molecule has 2 unspecified atom stereocenters. The molecule has 1 heterocycles. The third-order valence-corrected chi connectivity index (χ3v) is 4.87. The van der Waals surface area contributed by atoms with Gasteiger partial charge in [0.2, 0.25) is 0 Å². The molecule has 0 aliphatic carbocycles. The number of carbonyl (C=O) groups excluding carboxylic acids is 1. The molecule has 1 aromatic carbocycles. The minimum absolute atomic E-state index is 0.124. The van der Waals surface area contributed by atoms with Gasteiger partial charge in [-0.2, -0.15) is 0 Å². The normalized spacial score (nSPS) is 21.5. The molecule has 0 radical (unpaired) electrons. The molecule has 0 bridgehead atoms. The average Bonchev–Trinajstić information content (AvgIpc) is 2.98. The van der Waals surface area contributed by atoms with Crippen LogP contribution in [0.1, 0.15) is 45.1 Å². The number of aryl methyl sites for hydroxylation is 1. The highest BCUT2D eigenvalue weighted by molar-refractivity contribution is 5.79. The standard InChI is InChI=1S/C19H28N2O3/c1-3-7-16(11-10-15-8-5-4-6-9-15)20-18(24)21-13-12-19(2,14-21)17(22)23/h4-6,8-9,16H,3,7,10-14H2,1-2H3,(H,20,24)(H,22,23). The van der Waals surface area contributed by atoms with Crippen molar-refractivity contribution in [1.29, 1.82) is 0 Å². The van der Waals surface area contributed by atoms with Crippen LogP contribution in [-0.4, -0.2) is 41.1 Å². The number of rotatable bonds is 7. The second-order valence-corrected chi connectivity index (χ2v) is 7.00. The fourth-order valence-electron chi connectivity index (χ4n) is 3.20. The van der Waals surface area contributed by atoms with E-state index in [2.05, 4.69) is 24.4 Å². The van der Waals surface area contributed by atoms with Crippen molar-refractivity contribution >= 4 is 12.0 Å². The molecule has 2 rings (SSSR count). The van der Waals surface area contributed by atoms with Gasteiger partial charge in [-0.3, -0.25) is 4.79 Å². The van der Waals surface area contributed by atoms with Crippen molar-refractivity contribution in [2.75, 3.05) is 13.1 Å². The molecule has 2 amide bonds. The lowest BCUT2D eigenvalue weighted by molar-refractivity contribution is -0.147. The Bertz CT molecular complexity index is 561. The van der Waals surface area contributed by atoms with E-state index in [9.17, 15) is 14.7 Å². The zero-order chi connectivity index (χ0) is 17.6. The highest BCUT2D eigenvalue weighted by atomic mass is 16.4. The van der Waals surface area contributed by atoms with Gasteiger partial charge in [-0.1, -0.05) is 43.7 Å².